The van der Waals surface area contributed by atoms with Crippen LogP contribution in [0.25, 0.3) is 21.5 Å². The molecule has 0 fully saturated rings. The molecule has 0 saturated carbocycles. The zero-order valence-corrected chi connectivity index (χ0v) is 11.9. The van der Waals surface area contributed by atoms with Crippen LogP contribution >= 0.6 is 11.3 Å². The first-order valence-electron chi connectivity index (χ1n) is 6.24. The monoisotopic (exact) mass is 301 g/mol. The molecule has 0 aliphatic rings. The number of thiazole rings is 1. The lowest BCUT2D eigenvalue weighted by Gasteiger charge is -2.00. The Balaban J connectivity index is 2.11. The van der Waals surface area contributed by atoms with Crippen LogP contribution in [0.5, 0.6) is 0 Å². The fourth-order valence-corrected chi connectivity index (χ4v) is 2.88. The molecule has 3 aromatic rings. The summed E-state index contributed by atoms with van der Waals surface area (Å²) >= 11 is 1.24. The van der Waals surface area contributed by atoms with E-state index in [1.807, 2.05) is 19.1 Å². The molecule has 0 spiro atoms. The number of fused-ring (bicyclic) bond motifs is 1. The molecule has 21 heavy (non-hydrogen) atoms. The summed E-state index contributed by atoms with van der Waals surface area (Å²) in [6.07, 6.45) is -0.158. The van der Waals surface area contributed by atoms with Crippen LogP contribution in [0, 0.1) is 6.92 Å². The second kappa shape index (κ2) is 5.14. The number of aryl methyl sites for hydroxylation is 1. The number of aliphatic carboxylic acids is 1. The van der Waals surface area contributed by atoms with Gasteiger partial charge < -0.3 is 9.52 Å². The Labute approximate surface area is 123 Å². The van der Waals surface area contributed by atoms with Crippen LogP contribution in [-0.4, -0.2) is 16.1 Å². The summed E-state index contributed by atoms with van der Waals surface area (Å²) in [4.78, 5) is 26.9. The van der Waals surface area contributed by atoms with Gasteiger partial charge in [-0.15, -0.1) is 11.3 Å². The summed E-state index contributed by atoms with van der Waals surface area (Å²) < 4.78 is 5.29. The molecule has 3 rings (SSSR count). The van der Waals surface area contributed by atoms with Gasteiger partial charge in [0.1, 0.15) is 10.6 Å². The van der Waals surface area contributed by atoms with Gasteiger partial charge in [-0.25, -0.2) is 9.78 Å². The molecular weight excluding hydrogens is 290 g/mol. The van der Waals surface area contributed by atoms with Gasteiger partial charge >= 0.3 is 11.6 Å². The zero-order valence-electron chi connectivity index (χ0n) is 11.1. The predicted molar refractivity (Wildman–Crippen MR) is 79.7 cm³/mol. The lowest BCUT2D eigenvalue weighted by Crippen LogP contribution is -2.03. The van der Waals surface area contributed by atoms with E-state index in [4.69, 9.17) is 9.52 Å². The third-order valence-electron chi connectivity index (χ3n) is 3.00. The Bertz CT molecular complexity index is 894. The summed E-state index contributed by atoms with van der Waals surface area (Å²) in [6.45, 7) is 1.96. The average Bonchev–Trinajstić information content (AvgIpc) is 2.86. The molecule has 0 radical (unpaired) electrons. The number of aromatic nitrogens is 1. The normalized spacial score (nSPS) is 10.9. The Morgan fingerprint density at radius 1 is 1.38 bits per heavy atom. The minimum absolute atomic E-state index is 0.158. The van der Waals surface area contributed by atoms with Crippen LogP contribution in [0.15, 0.2) is 38.9 Å². The average molecular weight is 301 g/mol. The largest absolute Gasteiger partial charge is 0.481 e. The predicted octanol–water partition coefficient (Wildman–Crippen LogP) is 2.85. The summed E-state index contributed by atoms with van der Waals surface area (Å²) in [5, 5.41) is 11.7. The summed E-state index contributed by atoms with van der Waals surface area (Å²) in [7, 11) is 0. The van der Waals surface area contributed by atoms with Gasteiger partial charge in [0.05, 0.1) is 17.7 Å². The molecule has 106 valence electrons. The van der Waals surface area contributed by atoms with Crippen LogP contribution in [0.4, 0.5) is 0 Å². The van der Waals surface area contributed by atoms with Crippen molar-refractivity contribution in [2.75, 3.05) is 0 Å². The number of carbonyl (C=O) groups is 1. The van der Waals surface area contributed by atoms with Gasteiger partial charge in [0.15, 0.2) is 0 Å². The van der Waals surface area contributed by atoms with Crippen LogP contribution in [0.1, 0.15) is 11.3 Å². The van der Waals surface area contributed by atoms with E-state index in [0.29, 0.717) is 21.8 Å². The van der Waals surface area contributed by atoms with Crippen LogP contribution in [0.2, 0.25) is 0 Å². The quantitative estimate of drug-likeness (QED) is 0.752. The fourth-order valence-electron chi connectivity index (χ4n) is 2.06. The highest BCUT2D eigenvalue weighted by molar-refractivity contribution is 7.13. The summed E-state index contributed by atoms with van der Waals surface area (Å²) in [6, 6.07) is 7.29. The lowest BCUT2D eigenvalue weighted by molar-refractivity contribution is -0.136. The zero-order chi connectivity index (χ0) is 15.0. The van der Waals surface area contributed by atoms with Gasteiger partial charge in [-0.3, -0.25) is 4.79 Å². The van der Waals surface area contributed by atoms with E-state index in [1.165, 1.54) is 11.3 Å². The highest BCUT2D eigenvalue weighted by Crippen LogP contribution is 2.25. The van der Waals surface area contributed by atoms with E-state index in [1.54, 1.807) is 17.5 Å². The molecule has 0 saturated heterocycles. The maximum absolute atomic E-state index is 12.0. The van der Waals surface area contributed by atoms with Gasteiger partial charge in [-0.05, 0) is 25.1 Å². The first kappa shape index (κ1) is 13.5. The van der Waals surface area contributed by atoms with Crippen molar-refractivity contribution in [3.63, 3.8) is 0 Å². The van der Waals surface area contributed by atoms with Gasteiger partial charge in [0.25, 0.3) is 0 Å². The maximum Gasteiger partial charge on any atom is 0.346 e. The fraction of sp³-hybridized carbons (Fsp3) is 0.133. The first-order chi connectivity index (χ1) is 10.0. The Hall–Kier alpha value is -2.47. The van der Waals surface area contributed by atoms with Gasteiger partial charge in [0.2, 0.25) is 0 Å². The van der Waals surface area contributed by atoms with Crippen LogP contribution < -0.4 is 5.63 Å². The van der Waals surface area contributed by atoms with Crippen LogP contribution in [0.3, 0.4) is 0 Å². The van der Waals surface area contributed by atoms with Gasteiger partial charge in [-0.1, -0.05) is 11.6 Å². The van der Waals surface area contributed by atoms with Gasteiger partial charge in [0, 0.05) is 10.8 Å². The molecule has 1 aromatic carbocycles. The van der Waals surface area contributed by atoms with Crippen molar-refractivity contribution in [1.29, 1.82) is 0 Å². The number of carboxylic acids is 1. The number of hydrogen-bond acceptors (Lipinski definition) is 5. The van der Waals surface area contributed by atoms with Crippen LogP contribution in [-0.2, 0) is 11.2 Å². The molecule has 2 aromatic heterocycles. The van der Waals surface area contributed by atoms with E-state index in [2.05, 4.69) is 4.98 Å². The second-order valence-electron chi connectivity index (χ2n) is 4.70. The highest BCUT2D eigenvalue weighted by Gasteiger charge is 2.13. The number of hydrogen-bond donors (Lipinski definition) is 1. The van der Waals surface area contributed by atoms with E-state index in [9.17, 15) is 9.59 Å². The molecule has 0 bridgehead atoms. The molecule has 0 aliphatic carbocycles. The Morgan fingerprint density at radius 3 is 2.95 bits per heavy atom. The third kappa shape index (κ3) is 2.71. The first-order valence-corrected chi connectivity index (χ1v) is 7.12. The van der Waals surface area contributed by atoms with E-state index < -0.39 is 11.6 Å². The van der Waals surface area contributed by atoms with Crippen molar-refractivity contribution < 1.29 is 14.3 Å². The molecule has 0 atom stereocenters. The molecule has 1 N–H and O–H groups in total. The SMILES string of the molecule is Cc1ccc2oc(=O)c(-c3nc(CC(=O)O)cs3)cc2c1. The number of rotatable bonds is 3. The lowest BCUT2D eigenvalue weighted by atomic mass is 10.1. The third-order valence-corrected chi connectivity index (χ3v) is 3.93. The standard InChI is InChI=1S/C15H11NO4S/c1-8-2-3-12-9(4-8)5-11(15(19)20-12)14-16-10(7-21-14)6-13(17)18/h2-5,7H,6H2,1H3,(H,17,18). The minimum atomic E-state index is -0.951. The molecule has 5 nitrogen and oxygen atoms in total. The second-order valence-corrected chi connectivity index (χ2v) is 5.56. The molecular formula is C15H11NO4S. The smallest absolute Gasteiger partial charge is 0.346 e. The highest BCUT2D eigenvalue weighted by atomic mass is 32.1. The molecule has 0 amide bonds. The Kier molecular flexibility index (Phi) is 3.31. The number of nitrogens with zero attached hydrogens (tertiary/aromatic N) is 1. The van der Waals surface area contributed by atoms with Crippen molar-refractivity contribution in [2.45, 2.75) is 13.3 Å². The summed E-state index contributed by atoms with van der Waals surface area (Å²) in [5.41, 5.74) is 1.91. The number of benzene rings is 1. The summed E-state index contributed by atoms with van der Waals surface area (Å²) in [5.74, 6) is -0.951. The maximum atomic E-state index is 12.0. The van der Waals surface area contributed by atoms with Gasteiger partial charge in [-0.2, -0.15) is 0 Å². The van der Waals surface area contributed by atoms with Crippen molar-refractivity contribution in [1.82, 2.24) is 4.98 Å². The Morgan fingerprint density at radius 2 is 2.19 bits per heavy atom. The van der Waals surface area contributed by atoms with Crippen molar-refractivity contribution in [2.24, 2.45) is 0 Å². The topological polar surface area (TPSA) is 80.4 Å². The van der Waals surface area contributed by atoms with Crippen molar-refractivity contribution in [3.05, 3.63) is 51.3 Å². The molecule has 6 heteroatoms. The van der Waals surface area contributed by atoms with E-state index in [0.717, 1.165) is 10.9 Å². The van der Waals surface area contributed by atoms with Crippen molar-refractivity contribution in [3.8, 4) is 10.6 Å². The van der Waals surface area contributed by atoms with E-state index >= 15 is 0 Å². The molecule has 0 aliphatic heterocycles. The number of carboxylic acid groups (broad SMARTS) is 1. The van der Waals surface area contributed by atoms with Crippen molar-refractivity contribution >= 4 is 28.3 Å². The minimum Gasteiger partial charge on any atom is -0.481 e. The molecule has 2 heterocycles. The van der Waals surface area contributed by atoms with E-state index in [-0.39, 0.29) is 6.42 Å². The molecule has 0 unspecified atom stereocenters.